The maximum atomic E-state index is 5.88. The molecule has 0 amide bonds. The third-order valence-electron chi connectivity index (χ3n) is 3.73. The maximum absolute atomic E-state index is 5.88. The van der Waals surface area contributed by atoms with Crippen LogP contribution in [0.5, 0.6) is 0 Å². The van der Waals surface area contributed by atoms with Crippen molar-refractivity contribution < 1.29 is 0 Å². The summed E-state index contributed by atoms with van der Waals surface area (Å²) in [6.45, 7) is 8.37. The van der Waals surface area contributed by atoms with Gasteiger partial charge >= 0.3 is 0 Å². The molecule has 3 N–H and O–H groups in total. The Hall–Kier alpha value is -1.36. The molecular weight excluding hydrogens is 226 g/mol. The fraction of sp³-hybridized carbons (Fsp3) is 0.692. The van der Waals surface area contributed by atoms with Crippen LogP contribution in [0.4, 0.5) is 11.6 Å². The summed E-state index contributed by atoms with van der Waals surface area (Å²) in [5, 5.41) is 3.54. The Labute approximate surface area is 109 Å². The molecule has 2 rings (SSSR count). The van der Waals surface area contributed by atoms with E-state index >= 15 is 0 Å². The van der Waals surface area contributed by atoms with Crippen LogP contribution in [0.15, 0.2) is 0 Å². The van der Waals surface area contributed by atoms with Gasteiger partial charge in [-0.2, -0.15) is 0 Å². The van der Waals surface area contributed by atoms with Crippen molar-refractivity contribution in [3.8, 4) is 0 Å². The normalized spacial score (nSPS) is 25.1. The molecule has 2 atom stereocenters. The molecular formula is C13H23N5. The van der Waals surface area contributed by atoms with Crippen LogP contribution < -0.4 is 11.1 Å². The number of aromatic nitrogens is 2. The number of anilines is 2. The first-order valence-corrected chi connectivity index (χ1v) is 6.53. The monoisotopic (exact) mass is 249 g/mol. The van der Waals surface area contributed by atoms with Gasteiger partial charge in [-0.25, -0.2) is 9.97 Å². The van der Waals surface area contributed by atoms with Gasteiger partial charge in [0.1, 0.15) is 17.5 Å². The van der Waals surface area contributed by atoms with E-state index < -0.39 is 0 Å². The summed E-state index contributed by atoms with van der Waals surface area (Å²) >= 11 is 0. The molecule has 2 heterocycles. The molecule has 0 bridgehead atoms. The molecule has 0 aromatic carbocycles. The molecule has 1 aromatic heterocycles. The quantitative estimate of drug-likeness (QED) is 0.830. The van der Waals surface area contributed by atoms with Crippen molar-refractivity contribution in [3.63, 3.8) is 0 Å². The molecule has 0 saturated carbocycles. The van der Waals surface area contributed by atoms with Crippen LogP contribution in [0, 0.1) is 19.8 Å². The minimum absolute atomic E-state index is 0.466. The van der Waals surface area contributed by atoms with E-state index in [2.05, 4.69) is 34.2 Å². The molecule has 0 radical (unpaired) electrons. The van der Waals surface area contributed by atoms with E-state index in [0.29, 0.717) is 17.8 Å². The average molecular weight is 249 g/mol. The molecule has 1 aliphatic heterocycles. The lowest BCUT2D eigenvalue weighted by molar-refractivity contribution is 0.206. The van der Waals surface area contributed by atoms with Gasteiger partial charge < -0.3 is 16.0 Å². The van der Waals surface area contributed by atoms with Crippen LogP contribution >= 0.6 is 0 Å². The summed E-state index contributed by atoms with van der Waals surface area (Å²) in [6, 6.07) is 0.466. The summed E-state index contributed by atoms with van der Waals surface area (Å²) in [4.78, 5) is 11.0. The molecule has 1 aliphatic rings. The largest absolute Gasteiger partial charge is 0.383 e. The third-order valence-corrected chi connectivity index (χ3v) is 3.73. The number of likely N-dealkylation sites (tertiary alicyclic amines) is 1. The van der Waals surface area contributed by atoms with Crippen molar-refractivity contribution in [2.24, 2.45) is 5.92 Å². The topological polar surface area (TPSA) is 67.1 Å². The standard InChI is InChI=1S/C13H23N5/c1-8-7-18(4)6-5-11(8)17-13-9(2)12(14)15-10(3)16-13/h8,11H,5-7H2,1-4H3,(H3,14,15,16,17). The van der Waals surface area contributed by atoms with E-state index in [1.165, 1.54) is 0 Å². The lowest BCUT2D eigenvalue weighted by Crippen LogP contribution is -2.43. The van der Waals surface area contributed by atoms with Gasteiger partial charge in [0.15, 0.2) is 0 Å². The predicted molar refractivity (Wildman–Crippen MR) is 74.6 cm³/mol. The molecule has 2 unspecified atom stereocenters. The molecule has 1 aromatic rings. The van der Waals surface area contributed by atoms with Gasteiger partial charge in [0.2, 0.25) is 0 Å². The Balaban J connectivity index is 2.14. The number of piperidine rings is 1. The summed E-state index contributed by atoms with van der Waals surface area (Å²) in [5.74, 6) is 2.80. The minimum Gasteiger partial charge on any atom is -0.383 e. The first-order valence-electron chi connectivity index (χ1n) is 6.53. The van der Waals surface area contributed by atoms with Crippen LogP contribution in [0.3, 0.4) is 0 Å². The van der Waals surface area contributed by atoms with E-state index in [4.69, 9.17) is 5.73 Å². The lowest BCUT2D eigenvalue weighted by atomic mass is 9.94. The maximum Gasteiger partial charge on any atom is 0.134 e. The highest BCUT2D eigenvalue weighted by molar-refractivity contribution is 5.55. The summed E-state index contributed by atoms with van der Waals surface area (Å²) in [6.07, 6.45) is 1.14. The Kier molecular flexibility index (Phi) is 3.71. The van der Waals surface area contributed by atoms with E-state index in [9.17, 15) is 0 Å². The predicted octanol–water partition coefficient (Wildman–Crippen LogP) is 1.43. The van der Waals surface area contributed by atoms with Gasteiger partial charge in [0, 0.05) is 18.2 Å². The molecule has 18 heavy (non-hydrogen) atoms. The van der Waals surface area contributed by atoms with Crippen molar-refractivity contribution >= 4 is 11.6 Å². The van der Waals surface area contributed by atoms with Crippen molar-refractivity contribution in [2.45, 2.75) is 33.2 Å². The third kappa shape index (κ3) is 2.72. The zero-order valence-corrected chi connectivity index (χ0v) is 11.7. The Morgan fingerprint density at radius 1 is 1.33 bits per heavy atom. The van der Waals surface area contributed by atoms with Gasteiger partial charge in [-0.1, -0.05) is 6.92 Å². The van der Waals surface area contributed by atoms with Crippen molar-refractivity contribution in [1.82, 2.24) is 14.9 Å². The lowest BCUT2D eigenvalue weighted by Gasteiger charge is -2.35. The molecule has 0 aliphatic carbocycles. The smallest absolute Gasteiger partial charge is 0.134 e. The molecule has 0 spiro atoms. The molecule has 5 nitrogen and oxygen atoms in total. The number of nitrogens with one attached hydrogen (secondary N) is 1. The number of nitrogens with two attached hydrogens (primary N) is 1. The molecule has 100 valence electrons. The van der Waals surface area contributed by atoms with Gasteiger partial charge in [-0.3, -0.25) is 0 Å². The van der Waals surface area contributed by atoms with Gasteiger partial charge in [-0.05, 0) is 39.8 Å². The average Bonchev–Trinajstić information content (AvgIpc) is 2.29. The zero-order chi connectivity index (χ0) is 13.3. The summed E-state index contributed by atoms with van der Waals surface area (Å²) < 4.78 is 0. The first-order chi connectivity index (χ1) is 8.47. The second-order valence-corrected chi connectivity index (χ2v) is 5.41. The van der Waals surface area contributed by atoms with Crippen LogP contribution in [0.1, 0.15) is 24.7 Å². The molecule has 1 saturated heterocycles. The minimum atomic E-state index is 0.466. The SMILES string of the molecule is Cc1nc(N)c(C)c(NC2CCN(C)CC2C)n1. The Morgan fingerprint density at radius 2 is 2.06 bits per heavy atom. The molecule has 1 fully saturated rings. The molecule has 5 heteroatoms. The number of nitrogens with zero attached hydrogens (tertiary/aromatic N) is 3. The second-order valence-electron chi connectivity index (χ2n) is 5.41. The summed E-state index contributed by atoms with van der Waals surface area (Å²) in [5.41, 5.74) is 6.83. The van der Waals surface area contributed by atoms with Gasteiger partial charge in [-0.15, -0.1) is 0 Å². The van der Waals surface area contributed by atoms with Crippen molar-refractivity contribution in [1.29, 1.82) is 0 Å². The highest BCUT2D eigenvalue weighted by Gasteiger charge is 2.25. The van der Waals surface area contributed by atoms with Crippen molar-refractivity contribution in [2.75, 3.05) is 31.2 Å². The van der Waals surface area contributed by atoms with Crippen LogP contribution in [0.25, 0.3) is 0 Å². The van der Waals surface area contributed by atoms with Gasteiger partial charge in [0.05, 0.1) is 0 Å². The van der Waals surface area contributed by atoms with E-state index in [1.54, 1.807) is 0 Å². The fourth-order valence-corrected chi connectivity index (χ4v) is 2.53. The second kappa shape index (κ2) is 5.10. The van der Waals surface area contributed by atoms with E-state index in [-0.39, 0.29) is 0 Å². The van der Waals surface area contributed by atoms with Crippen LogP contribution in [-0.2, 0) is 0 Å². The number of hydrogen-bond donors (Lipinski definition) is 2. The highest BCUT2D eigenvalue weighted by Crippen LogP contribution is 2.23. The van der Waals surface area contributed by atoms with E-state index in [0.717, 1.165) is 36.7 Å². The fourth-order valence-electron chi connectivity index (χ4n) is 2.53. The number of aryl methyl sites for hydroxylation is 1. The summed E-state index contributed by atoms with van der Waals surface area (Å²) in [7, 11) is 2.17. The van der Waals surface area contributed by atoms with Gasteiger partial charge in [0.25, 0.3) is 0 Å². The zero-order valence-electron chi connectivity index (χ0n) is 11.7. The Bertz CT molecular complexity index is 432. The van der Waals surface area contributed by atoms with Crippen LogP contribution in [0.2, 0.25) is 0 Å². The Morgan fingerprint density at radius 3 is 2.72 bits per heavy atom. The van der Waals surface area contributed by atoms with E-state index in [1.807, 2.05) is 13.8 Å². The number of nitrogen functional groups attached to an aromatic ring is 1. The number of hydrogen-bond acceptors (Lipinski definition) is 5. The number of rotatable bonds is 2. The van der Waals surface area contributed by atoms with Crippen molar-refractivity contribution in [3.05, 3.63) is 11.4 Å². The first kappa shape index (κ1) is 13.1. The highest BCUT2D eigenvalue weighted by atomic mass is 15.1. The van der Waals surface area contributed by atoms with Crippen LogP contribution in [-0.4, -0.2) is 41.0 Å².